The lowest BCUT2D eigenvalue weighted by atomic mass is 10.0. The number of alkyl halides is 1. The molecule has 0 bridgehead atoms. The van der Waals surface area contributed by atoms with Gasteiger partial charge in [0.2, 0.25) is 0 Å². The van der Waals surface area contributed by atoms with Gasteiger partial charge in [-0.2, -0.15) is 0 Å². The quantitative estimate of drug-likeness (QED) is 0.689. The zero-order chi connectivity index (χ0) is 20.4. The van der Waals surface area contributed by atoms with E-state index in [4.69, 9.17) is 4.74 Å². The van der Waals surface area contributed by atoms with Crippen LogP contribution in [0.1, 0.15) is 20.3 Å². The van der Waals surface area contributed by atoms with Crippen LogP contribution >= 0.6 is 0 Å². The van der Waals surface area contributed by atoms with Gasteiger partial charge in [-0.05, 0) is 38.1 Å². The summed E-state index contributed by atoms with van der Waals surface area (Å²) in [4.78, 5) is 2.17. The Kier molecular flexibility index (Phi) is 5.62. The third-order valence-corrected chi connectivity index (χ3v) is 5.55. The number of aromatic nitrogens is 2. The Hall–Kier alpha value is -2.73. The minimum absolute atomic E-state index is 0.00527. The van der Waals surface area contributed by atoms with E-state index < -0.39 is 6.17 Å². The number of anilines is 1. The number of fused-ring (bicyclic) bond motifs is 1. The lowest BCUT2D eigenvalue weighted by Crippen LogP contribution is -2.49. The average molecular weight is 394 g/mol. The van der Waals surface area contributed by atoms with Gasteiger partial charge in [-0.25, -0.2) is 4.39 Å². The molecule has 2 aromatic carbocycles. The molecule has 0 spiro atoms. The van der Waals surface area contributed by atoms with Gasteiger partial charge in [0.15, 0.2) is 5.82 Å². The molecule has 152 valence electrons. The molecule has 1 N–H and O–H groups in total. The normalized spacial score (nSPS) is 20.2. The van der Waals surface area contributed by atoms with Gasteiger partial charge < -0.3 is 10.1 Å². The summed E-state index contributed by atoms with van der Waals surface area (Å²) in [5.74, 6) is 1.51. The average Bonchev–Trinajstić information content (AvgIpc) is 2.74. The summed E-state index contributed by atoms with van der Waals surface area (Å²) in [6.07, 6.45) is -0.346. The fourth-order valence-electron chi connectivity index (χ4n) is 3.96. The van der Waals surface area contributed by atoms with Crippen molar-refractivity contribution in [2.75, 3.05) is 25.5 Å². The van der Waals surface area contributed by atoms with Crippen molar-refractivity contribution in [3.63, 3.8) is 0 Å². The van der Waals surface area contributed by atoms with Crippen LogP contribution in [0.2, 0.25) is 0 Å². The summed E-state index contributed by atoms with van der Waals surface area (Å²) in [6, 6.07) is 16.2. The van der Waals surface area contributed by atoms with Crippen LogP contribution in [-0.2, 0) is 0 Å². The second kappa shape index (κ2) is 8.33. The summed E-state index contributed by atoms with van der Waals surface area (Å²) in [5.41, 5.74) is 1.80. The fraction of sp³-hybridized carbons (Fsp3) is 0.391. The second-order valence-electron chi connectivity index (χ2n) is 7.89. The van der Waals surface area contributed by atoms with Crippen molar-refractivity contribution in [1.29, 1.82) is 0 Å². The predicted octanol–water partition coefficient (Wildman–Crippen LogP) is 4.54. The zero-order valence-electron chi connectivity index (χ0n) is 17.1. The van der Waals surface area contributed by atoms with Crippen LogP contribution < -0.4 is 10.1 Å². The number of hydrogen-bond donors (Lipinski definition) is 1. The van der Waals surface area contributed by atoms with Gasteiger partial charge in [-0.1, -0.05) is 24.3 Å². The molecule has 0 saturated carbocycles. The monoisotopic (exact) mass is 394 g/mol. The third-order valence-electron chi connectivity index (χ3n) is 5.55. The zero-order valence-corrected chi connectivity index (χ0v) is 17.1. The van der Waals surface area contributed by atoms with Crippen molar-refractivity contribution in [3.8, 4) is 17.0 Å². The number of methoxy groups -OCH3 is 1. The molecule has 0 amide bonds. The largest absolute Gasteiger partial charge is 0.497 e. The third kappa shape index (κ3) is 4.17. The van der Waals surface area contributed by atoms with Gasteiger partial charge in [-0.3, -0.25) is 4.90 Å². The Balaban J connectivity index is 1.66. The topological polar surface area (TPSA) is 50.3 Å². The number of hydrogen-bond acceptors (Lipinski definition) is 5. The SMILES string of the molecule is COc1ccc(-c2nnc(N[C@@H]3C[C@@H](F)CN(C(C)C)C3)c3ccccc23)cc1. The fourth-order valence-corrected chi connectivity index (χ4v) is 3.96. The summed E-state index contributed by atoms with van der Waals surface area (Å²) in [5, 5.41) is 14.5. The van der Waals surface area contributed by atoms with E-state index in [1.54, 1.807) is 7.11 Å². The first-order valence-corrected chi connectivity index (χ1v) is 10.1. The van der Waals surface area contributed by atoms with Gasteiger partial charge in [0.25, 0.3) is 0 Å². The standard InChI is InChI=1S/C23H27FN4O/c1-15(2)28-13-17(24)12-18(14-28)25-23-21-7-5-4-6-20(21)22(26-27-23)16-8-10-19(29-3)11-9-16/h4-11,15,17-18H,12-14H2,1-3H3,(H,25,27)/t17-,18-/m1/s1. The molecule has 0 aliphatic carbocycles. The van der Waals surface area contributed by atoms with Crippen molar-refractivity contribution in [2.45, 2.75) is 38.5 Å². The highest BCUT2D eigenvalue weighted by molar-refractivity contribution is 6.00. The highest BCUT2D eigenvalue weighted by Crippen LogP contribution is 2.31. The molecule has 1 aromatic heterocycles. The van der Waals surface area contributed by atoms with E-state index in [9.17, 15) is 4.39 Å². The van der Waals surface area contributed by atoms with E-state index in [-0.39, 0.29) is 6.04 Å². The number of rotatable bonds is 5. The molecule has 1 aliphatic rings. The number of likely N-dealkylation sites (tertiary alicyclic amines) is 1. The van der Waals surface area contributed by atoms with Crippen LogP contribution in [0.15, 0.2) is 48.5 Å². The Morgan fingerprint density at radius 3 is 2.45 bits per heavy atom. The van der Waals surface area contributed by atoms with Gasteiger partial charge in [0.05, 0.1) is 7.11 Å². The first kappa shape index (κ1) is 19.6. The van der Waals surface area contributed by atoms with Gasteiger partial charge >= 0.3 is 0 Å². The maximum atomic E-state index is 14.3. The molecule has 1 fully saturated rings. The Labute approximate surface area is 170 Å². The van der Waals surface area contributed by atoms with Crippen LogP contribution in [0.25, 0.3) is 22.0 Å². The van der Waals surface area contributed by atoms with Crippen molar-refractivity contribution >= 4 is 16.6 Å². The number of ether oxygens (including phenoxy) is 1. The van der Waals surface area contributed by atoms with E-state index in [0.717, 1.165) is 34.3 Å². The molecule has 5 nitrogen and oxygen atoms in total. The smallest absolute Gasteiger partial charge is 0.156 e. The number of piperidine rings is 1. The molecular weight excluding hydrogens is 367 g/mol. The summed E-state index contributed by atoms with van der Waals surface area (Å²) >= 11 is 0. The van der Waals surface area contributed by atoms with Crippen LogP contribution in [0.3, 0.4) is 0 Å². The summed E-state index contributed by atoms with van der Waals surface area (Å²) in [6.45, 7) is 5.51. The molecule has 1 aliphatic heterocycles. The molecule has 0 radical (unpaired) electrons. The highest BCUT2D eigenvalue weighted by atomic mass is 19.1. The van der Waals surface area contributed by atoms with E-state index in [0.29, 0.717) is 24.8 Å². The number of benzene rings is 2. The summed E-state index contributed by atoms with van der Waals surface area (Å²) < 4.78 is 19.5. The van der Waals surface area contributed by atoms with E-state index >= 15 is 0 Å². The molecule has 29 heavy (non-hydrogen) atoms. The van der Waals surface area contributed by atoms with Crippen molar-refractivity contribution < 1.29 is 9.13 Å². The van der Waals surface area contributed by atoms with E-state index in [1.165, 1.54) is 0 Å². The van der Waals surface area contributed by atoms with Gasteiger partial charge in [0.1, 0.15) is 17.6 Å². The molecule has 6 heteroatoms. The molecule has 1 saturated heterocycles. The lowest BCUT2D eigenvalue weighted by Gasteiger charge is -2.37. The van der Waals surface area contributed by atoms with Crippen molar-refractivity contribution in [1.82, 2.24) is 15.1 Å². The number of nitrogens with zero attached hydrogens (tertiary/aromatic N) is 3. The number of halogens is 1. The highest BCUT2D eigenvalue weighted by Gasteiger charge is 2.29. The van der Waals surface area contributed by atoms with Crippen molar-refractivity contribution in [3.05, 3.63) is 48.5 Å². The Bertz CT molecular complexity index is 976. The Morgan fingerprint density at radius 1 is 1.03 bits per heavy atom. The summed E-state index contributed by atoms with van der Waals surface area (Å²) in [7, 11) is 1.65. The van der Waals surface area contributed by atoms with E-state index in [2.05, 4.69) is 34.3 Å². The molecule has 4 rings (SSSR count). The molecule has 0 unspecified atom stereocenters. The van der Waals surface area contributed by atoms with Crippen LogP contribution in [-0.4, -0.2) is 53.6 Å². The van der Waals surface area contributed by atoms with Gasteiger partial charge in [-0.15, -0.1) is 10.2 Å². The Morgan fingerprint density at radius 2 is 1.76 bits per heavy atom. The van der Waals surface area contributed by atoms with Crippen molar-refractivity contribution in [2.24, 2.45) is 0 Å². The van der Waals surface area contributed by atoms with Crippen LogP contribution in [0, 0.1) is 0 Å². The molecule has 3 aromatic rings. The second-order valence-corrected chi connectivity index (χ2v) is 7.89. The first-order valence-electron chi connectivity index (χ1n) is 10.1. The first-order chi connectivity index (χ1) is 14.0. The molecule has 2 heterocycles. The maximum absolute atomic E-state index is 14.3. The lowest BCUT2D eigenvalue weighted by molar-refractivity contribution is 0.104. The molecular formula is C23H27FN4O. The molecule has 2 atom stereocenters. The predicted molar refractivity (Wildman–Crippen MR) is 115 cm³/mol. The van der Waals surface area contributed by atoms with Crippen LogP contribution in [0.5, 0.6) is 5.75 Å². The van der Waals surface area contributed by atoms with E-state index in [1.807, 2.05) is 48.5 Å². The maximum Gasteiger partial charge on any atom is 0.156 e. The number of nitrogens with one attached hydrogen (secondary N) is 1. The minimum Gasteiger partial charge on any atom is -0.497 e. The van der Waals surface area contributed by atoms with Gasteiger partial charge in [0, 0.05) is 47.9 Å². The minimum atomic E-state index is -0.832. The van der Waals surface area contributed by atoms with Crippen LogP contribution in [0.4, 0.5) is 10.2 Å².